The Balaban J connectivity index is 2.23. The number of hydrogen-bond donors (Lipinski definition) is 2. The van der Waals surface area contributed by atoms with Gasteiger partial charge in [-0.1, -0.05) is 43.7 Å². The van der Waals surface area contributed by atoms with Crippen LogP contribution in [0.25, 0.3) is 0 Å². The van der Waals surface area contributed by atoms with Gasteiger partial charge in [-0.3, -0.25) is 0 Å². The molecular formula is C18H21NO2. The molecule has 0 fully saturated rings. The molecule has 21 heavy (non-hydrogen) atoms. The van der Waals surface area contributed by atoms with Gasteiger partial charge in [0.1, 0.15) is 0 Å². The van der Waals surface area contributed by atoms with Crippen molar-refractivity contribution in [2.45, 2.75) is 32.7 Å². The van der Waals surface area contributed by atoms with E-state index in [1.54, 1.807) is 12.1 Å². The largest absolute Gasteiger partial charge is 0.478 e. The van der Waals surface area contributed by atoms with Gasteiger partial charge in [-0.25, -0.2) is 4.79 Å². The van der Waals surface area contributed by atoms with Crippen LogP contribution in [0.15, 0.2) is 48.5 Å². The summed E-state index contributed by atoms with van der Waals surface area (Å²) in [5, 5.41) is 12.6. The van der Waals surface area contributed by atoms with Crippen LogP contribution in [0.3, 0.4) is 0 Å². The summed E-state index contributed by atoms with van der Waals surface area (Å²) < 4.78 is 0. The molecule has 0 aliphatic carbocycles. The molecular weight excluding hydrogens is 262 g/mol. The van der Waals surface area contributed by atoms with Crippen molar-refractivity contribution in [1.82, 2.24) is 0 Å². The van der Waals surface area contributed by atoms with Gasteiger partial charge in [0, 0.05) is 5.69 Å². The second kappa shape index (κ2) is 6.93. The smallest absolute Gasteiger partial charge is 0.335 e. The number of hydrogen-bond acceptors (Lipinski definition) is 2. The zero-order valence-electron chi connectivity index (χ0n) is 12.5. The summed E-state index contributed by atoms with van der Waals surface area (Å²) in [6.45, 7) is 4.10. The van der Waals surface area contributed by atoms with Crippen LogP contribution in [0, 0.1) is 6.92 Å². The SMILES string of the molecule is CCCC(Nc1ccc(C(=O)O)cc1C)c1ccccc1. The average Bonchev–Trinajstić information content (AvgIpc) is 2.49. The first-order valence-corrected chi connectivity index (χ1v) is 7.27. The third kappa shape index (κ3) is 3.85. The fraction of sp³-hybridized carbons (Fsp3) is 0.278. The van der Waals surface area contributed by atoms with E-state index >= 15 is 0 Å². The topological polar surface area (TPSA) is 49.3 Å². The molecule has 110 valence electrons. The lowest BCUT2D eigenvalue weighted by molar-refractivity contribution is 0.0697. The van der Waals surface area contributed by atoms with Crippen LogP contribution >= 0.6 is 0 Å². The standard InChI is InChI=1S/C18H21NO2/c1-3-7-17(14-8-5-4-6-9-14)19-16-11-10-15(18(20)21)12-13(16)2/h4-6,8-12,17,19H,3,7H2,1-2H3,(H,20,21). The molecule has 3 heteroatoms. The van der Waals surface area contributed by atoms with E-state index in [9.17, 15) is 4.79 Å². The number of rotatable bonds is 6. The van der Waals surface area contributed by atoms with E-state index in [2.05, 4.69) is 24.4 Å². The molecule has 2 aromatic rings. The van der Waals surface area contributed by atoms with Gasteiger partial charge in [-0.15, -0.1) is 0 Å². The molecule has 0 amide bonds. The van der Waals surface area contributed by atoms with E-state index in [4.69, 9.17) is 5.11 Å². The minimum absolute atomic E-state index is 0.241. The molecule has 2 N–H and O–H groups in total. The number of nitrogens with one attached hydrogen (secondary N) is 1. The Morgan fingerprint density at radius 3 is 2.48 bits per heavy atom. The Labute approximate surface area is 125 Å². The fourth-order valence-electron chi connectivity index (χ4n) is 2.44. The van der Waals surface area contributed by atoms with Crippen molar-refractivity contribution in [3.8, 4) is 0 Å². The molecule has 0 aliphatic rings. The van der Waals surface area contributed by atoms with E-state index in [1.807, 2.05) is 31.2 Å². The molecule has 0 bridgehead atoms. The van der Waals surface area contributed by atoms with Gasteiger partial charge >= 0.3 is 5.97 Å². The summed E-state index contributed by atoms with van der Waals surface area (Å²) in [4.78, 5) is 11.0. The van der Waals surface area contributed by atoms with E-state index in [0.29, 0.717) is 5.56 Å². The van der Waals surface area contributed by atoms with E-state index in [-0.39, 0.29) is 6.04 Å². The Hall–Kier alpha value is -2.29. The monoisotopic (exact) mass is 283 g/mol. The molecule has 0 heterocycles. The van der Waals surface area contributed by atoms with Crippen LogP contribution in [-0.2, 0) is 0 Å². The Bertz CT molecular complexity index is 608. The van der Waals surface area contributed by atoms with Crippen molar-refractivity contribution < 1.29 is 9.90 Å². The first-order chi connectivity index (χ1) is 10.1. The average molecular weight is 283 g/mol. The minimum Gasteiger partial charge on any atom is -0.478 e. The highest BCUT2D eigenvalue weighted by Crippen LogP contribution is 2.26. The van der Waals surface area contributed by atoms with Crippen molar-refractivity contribution in [2.75, 3.05) is 5.32 Å². The van der Waals surface area contributed by atoms with Crippen LogP contribution in [0.4, 0.5) is 5.69 Å². The molecule has 2 aromatic carbocycles. The van der Waals surface area contributed by atoms with E-state index in [1.165, 1.54) is 5.56 Å². The minimum atomic E-state index is -0.891. The number of carboxylic acid groups (broad SMARTS) is 1. The lowest BCUT2D eigenvalue weighted by Gasteiger charge is -2.21. The lowest BCUT2D eigenvalue weighted by Crippen LogP contribution is -2.11. The summed E-state index contributed by atoms with van der Waals surface area (Å²) in [6.07, 6.45) is 2.11. The molecule has 0 saturated carbocycles. The van der Waals surface area contributed by atoms with Crippen LogP contribution in [0.5, 0.6) is 0 Å². The number of carboxylic acids is 1. The molecule has 2 rings (SSSR count). The Kier molecular flexibility index (Phi) is 4.99. The molecule has 1 atom stereocenters. The van der Waals surface area contributed by atoms with Crippen LogP contribution in [-0.4, -0.2) is 11.1 Å². The second-order valence-electron chi connectivity index (χ2n) is 5.23. The number of aromatic carboxylic acids is 1. The van der Waals surface area contributed by atoms with Gasteiger partial charge in [-0.05, 0) is 42.7 Å². The third-order valence-corrected chi connectivity index (χ3v) is 3.58. The zero-order chi connectivity index (χ0) is 15.2. The predicted molar refractivity (Wildman–Crippen MR) is 85.9 cm³/mol. The quantitative estimate of drug-likeness (QED) is 0.811. The molecule has 0 aliphatic heterocycles. The van der Waals surface area contributed by atoms with Gasteiger partial charge in [0.2, 0.25) is 0 Å². The van der Waals surface area contributed by atoms with Crippen molar-refractivity contribution >= 4 is 11.7 Å². The third-order valence-electron chi connectivity index (χ3n) is 3.58. The maximum atomic E-state index is 11.0. The molecule has 3 nitrogen and oxygen atoms in total. The van der Waals surface area contributed by atoms with E-state index in [0.717, 1.165) is 24.1 Å². The van der Waals surface area contributed by atoms with Gasteiger partial charge in [0.25, 0.3) is 0 Å². The van der Waals surface area contributed by atoms with Crippen LogP contribution in [0.1, 0.15) is 47.3 Å². The van der Waals surface area contributed by atoms with Gasteiger partial charge in [0.15, 0.2) is 0 Å². The van der Waals surface area contributed by atoms with Crippen molar-refractivity contribution in [1.29, 1.82) is 0 Å². The highest BCUT2D eigenvalue weighted by molar-refractivity contribution is 5.88. The van der Waals surface area contributed by atoms with Crippen molar-refractivity contribution in [2.24, 2.45) is 0 Å². The number of anilines is 1. The number of carbonyl (C=O) groups is 1. The second-order valence-corrected chi connectivity index (χ2v) is 5.23. The van der Waals surface area contributed by atoms with Gasteiger partial charge in [0.05, 0.1) is 11.6 Å². The maximum absolute atomic E-state index is 11.0. The maximum Gasteiger partial charge on any atom is 0.335 e. The predicted octanol–water partition coefficient (Wildman–Crippen LogP) is 4.65. The first-order valence-electron chi connectivity index (χ1n) is 7.27. The number of benzene rings is 2. The Morgan fingerprint density at radius 1 is 1.19 bits per heavy atom. The molecule has 0 radical (unpaired) electrons. The normalized spacial score (nSPS) is 11.9. The summed E-state index contributed by atoms with van der Waals surface area (Å²) in [5.41, 5.74) is 3.51. The van der Waals surface area contributed by atoms with Crippen molar-refractivity contribution in [3.63, 3.8) is 0 Å². The highest BCUT2D eigenvalue weighted by atomic mass is 16.4. The molecule has 1 unspecified atom stereocenters. The zero-order valence-corrected chi connectivity index (χ0v) is 12.5. The van der Waals surface area contributed by atoms with Crippen LogP contribution < -0.4 is 5.32 Å². The lowest BCUT2D eigenvalue weighted by atomic mass is 10.0. The molecule has 0 saturated heterocycles. The fourth-order valence-corrected chi connectivity index (χ4v) is 2.44. The molecule has 0 spiro atoms. The van der Waals surface area contributed by atoms with Gasteiger partial charge < -0.3 is 10.4 Å². The van der Waals surface area contributed by atoms with Crippen molar-refractivity contribution in [3.05, 3.63) is 65.2 Å². The van der Waals surface area contributed by atoms with Crippen LogP contribution in [0.2, 0.25) is 0 Å². The van der Waals surface area contributed by atoms with Gasteiger partial charge in [-0.2, -0.15) is 0 Å². The molecule has 0 aromatic heterocycles. The first kappa shape index (κ1) is 15.1. The highest BCUT2D eigenvalue weighted by Gasteiger charge is 2.12. The number of aryl methyl sites for hydroxylation is 1. The summed E-state index contributed by atoms with van der Waals surface area (Å²) >= 11 is 0. The summed E-state index contributed by atoms with van der Waals surface area (Å²) in [6, 6.07) is 15.8. The van der Waals surface area contributed by atoms with E-state index < -0.39 is 5.97 Å². The Morgan fingerprint density at radius 2 is 1.90 bits per heavy atom. The summed E-state index contributed by atoms with van der Waals surface area (Å²) in [7, 11) is 0. The summed E-state index contributed by atoms with van der Waals surface area (Å²) in [5.74, 6) is -0.891.